The largest absolute Gasteiger partial charge is 0.391 e. The van der Waals surface area contributed by atoms with E-state index in [2.05, 4.69) is 15.3 Å². The van der Waals surface area contributed by atoms with Crippen LogP contribution in [-0.2, 0) is 17.9 Å². The topological polar surface area (TPSA) is 81.2 Å². The number of amides is 1. The Labute approximate surface area is 182 Å². The number of nitrogens with zero attached hydrogens (tertiary/aromatic N) is 2. The summed E-state index contributed by atoms with van der Waals surface area (Å²) in [5.74, 6) is 0.369. The van der Waals surface area contributed by atoms with E-state index in [1.807, 2.05) is 17.0 Å². The molecule has 6 nitrogen and oxygen atoms in total. The van der Waals surface area contributed by atoms with Crippen molar-refractivity contribution in [1.82, 2.24) is 20.2 Å². The van der Waals surface area contributed by atoms with Crippen LogP contribution in [0.25, 0.3) is 11.0 Å². The van der Waals surface area contributed by atoms with Gasteiger partial charge in [0.05, 0.1) is 23.7 Å². The smallest absolute Gasteiger partial charge is 0.240 e. The van der Waals surface area contributed by atoms with Crippen molar-refractivity contribution in [3.05, 3.63) is 62.9 Å². The van der Waals surface area contributed by atoms with Gasteiger partial charge in [0.1, 0.15) is 11.9 Å². The molecule has 4 rings (SSSR count). The number of rotatable bonds is 5. The molecule has 29 heavy (non-hydrogen) atoms. The highest BCUT2D eigenvalue weighted by Gasteiger charge is 2.38. The molecule has 1 amide bonds. The molecule has 3 aromatic rings. The molecule has 0 radical (unpaired) electrons. The van der Waals surface area contributed by atoms with E-state index < -0.39 is 12.1 Å². The average molecular weight is 454 g/mol. The van der Waals surface area contributed by atoms with Gasteiger partial charge in [-0.15, -0.1) is 0 Å². The van der Waals surface area contributed by atoms with Gasteiger partial charge in [-0.2, -0.15) is 0 Å². The molecule has 0 bridgehead atoms. The maximum Gasteiger partial charge on any atom is 0.240 e. The molecule has 1 aromatic heterocycles. The van der Waals surface area contributed by atoms with Crippen LogP contribution in [0, 0.1) is 0 Å². The van der Waals surface area contributed by atoms with Crippen LogP contribution in [0.1, 0.15) is 17.8 Å². The lowest BCUT2D eigenvalue weighted by Gasteiger charge is -2.25. The molecule has 2 unspecified atom stereocenters. The highest BCUT2D eigenvalue weighted by Crippen LogP contribution is 2.26. The number of carbonyl (C=O) groups is 1. The van der Waals surface area contributed by atoms with Crippen LogP contribution >= 0.6 is 34.8 Å². The van der Waals surface area contributed by atoms with E-state index in [-0.39, 0.29) is 12.5 Å². The van der Waals surface area contributed by atoms with Gasteiger partial charge in [-0.25, -0.2) is 4.98 Å². The molecule has 0 aliphatic carbocycles. The van der Waals surface area contributed by atoms with Crippen LogP contribution in [-0.4, -0.2) is 44.6 Å². The Morgan fingerprint density at radius 2 is 1.97 bits per heavy atom. The Morgan fingerprint density at radius 3 is 2.76 bits per heavy atom. The van der Waals surface area contributed by atoms with Crippen LogP contribution in [0.4, 0.5) is 0 Å². The number of aromatic nitrogens is 2. The first kappa shape index (κ1) is 20.4. The zero-order valence-corrected chi connectivity index (χ0v) is 17.6. The van der Waals surface area contributed by atoms with Gasteiger partial charge < -0.3 is 15.4 Å². The first-order valence-electron chi connectivity index (χ1n) is 9.18. The van der Waals surface area contributed by atoms with E-state index >= 15 is 0 Å². The Hall–Kier alpha value is -1.83. The summed E-state index contributed by atoms with van der Waals surface area (Å²) < 4.78 is 0. The Morgan fingerprint density at radius 1 is 1.21 bits per heavy atom. The maximum absolute atomic E-state index is 12.8. The third-order valence-electron chi connectivity index (χ3n) is 5.05. The van der Waals surface area contributed by atoms with Gasteiger partial charge in [-0.1, -0.05) is 40.9 Å². The number of nitrogens with one attached hydrogen (secondary N) is 2. The number of imidazole rings is 1. The molecule has 1 aliphatic rings. The number of carbonyl (C=O) groups excluding carboxylic acids is 1. The summed E-state index contributed by atoms with van der Waals surface area (Å²) in [4.78, 5) is 22.3. The van der Waals surface area contributed by atoms with Crippen LogP contribution in [0.3, 0.4) is 0 Å². The predicted octanol–water partition coefficient (Wildman–Crippen LogP) is 3.77. The lowest BCUT2D eigenvalue weighted by atomic mass is 10.1. The number of aliphatic hydroxyl groups excluding tert-OH is 1. The second-order valence-corrected chi connectivity index (χ2v) is 8.35. The molecule has 152 valence electrons. The van der Waals surface area contributed by atoms with Crippen molar-refractivity contribution in [3.8, 4) is 0 Å². The lowest BCUT2D eigenvalue weighted by Crippen LogP contribution is -2.47. The third-order valence-corrected chi connectivity index (χ3v) is 5.87. The van der Waals surface area contributed by atoms with Crippen molar-refractivity contribution in [3.63, 3.8) is 0 Å². The minimum absolute atomic E-state index is 0.226. The summed E-state index contributed by atoms with van der Waals surface area (Å²) in [7, 11) is 0. The van der Waals surface area contributed by atoms with Crippen LogP contribution in [0.2, 0.25) is 15.1 Å². The normalized spacial score (nSPS) is 19.7. The Balaban J connectivity index is 1.43. The van der Waals surface area contributed by atoms with Crippen molar-refractivity contribution < 1.29 is 9.90 Å². The second-order valence-electron chi connectivity index (χ2n) is 7.07. The molecule has 2 heterocycles. The second kappa shape index (κ2) is 8.50. The summed E-state index contributed by atoms with van der Waals surface area (Å²) in [5, 5.41) is 14.9. The molecule has 0 saturated carbocycles. The molecule has 2 aromatic carbocycles. The number of aliphatic hydroxyl groups is 1. The summed E-state index contributed by atoms with van der Waals surface area (Å²) >= 11 is 18.2. The van der Waals surface area contributed by atoms with Gasteiger partial charge in [0.15, 0.2) is 0 Å². The molecule has 1 saturated heterocycles. The van der Waals surface area contributed by atoms with Crippen LogP contribution in [0.15, 0.2) is 36.4 Å². The number of hydrogen-bond donors (Lipinski definition) is 3. The van der Waals surface area contributed by atoms with E-state index in [1.54, 1.807) is 24.3 Å². The van der Waals surface area contributed by atoms with Gasteiger partial charge in [-0.3, -0.25) is 9.69 Å². The molecular weight excluding hydrogens is 435 g/mol. The molecule has 1 aliphatic heterocycles. The number of hydrogen-bond acceptors (Lipinski definition) is 4. The van der Waals surface area contributed by atoms with E-state index in [4.69, 9.17) is 34.8 Å². The molecule has 3 N–H and O–H groups in total. The van der Waals surface area contributed by atoms with Crippen LogP contribution in [0.5, 0.6) is 0 Å². The van der Waals surface area contributed by atoms with E-state index in [1.165, 1.54) is 0 Å². The fourth-order valence-corrected chi connectivity index (χ4v) is 4.26. The molecule has 0 spiro atoms. The number of halogens is 3. The number of aromatic amines is 1. The van der Waals surface area contributed by atoms with Gasteiger partial charge in [0, 0.05) is 28.2 Å². The molecule has 9 heteroatoms. The number of H-pyrrole nitrogens is 1. The maximum atomic E-state index is 12.8. The molecule has 1 fully saturated rings. The zero-order valence-electron chi connectivity index (χ0n) is 15.3. The standard InChI is InChI=1S/C20H19Cl3N4O2/c21-12-2-1-11(14(23)7-12)10-27-6-5-17(28)19(27)20(29)24-9-18-25-15-4-3-13(22)8-16(15)26-18/h1-4,7-8,17,19,28H,5-6,9-10H2,(H,24,29)(H,25,26). The molecule has 2 atom stereocenters. The Bertz CT molecular complexity index is 1060. The van der Waals surface area contributed by atoms with Gasteiger partial charge >= 0.3 is 0 Å². The van der Waals surface area contributed by atoms with Gasteiger partial charge in [-0.05, 0) is 42.3 Å². The van der Waals surface area contributed by atoms with Crippen molar-refractivity contribution in [2.24, 2.45) is 0 Å². The minimum atomic E-state index is -0.740. The third kappa shape index (κ3) is 4.52. The highest BCUT2D eigenvalue weighted by molar-refractivity contribution is 6.35. The number of likely N-dealkylation sites (tertiary alicyclic amines) is 1. The lowest BCUT2D eigenvalue weighted by molar-refractivity contribution is -0.128. The SMILES string of the molecule is O=C(NCc1nc2ccc(Cl)cc2[nH]1)C1C(O)CCN1Cc1ccc(Cl)cc1Cl. The first-order valence-corrected chi connectivity index (χ1v) is 10.3. The van der Waals surface area contributed by atoms with Crippen LogP contribution < -0.4 is 5.32 Å². The first-order chi connectivity index (χ1) is 13.9. The fourth-order valence-electron chi connectivity index (χ4n) is 3.62. The summed E-state index contributed by atoms with van der Waals surface area (Å²) in [6, 6.07) is 9.99. The monoisotopic (exact) mass is 452 g/mol. The minimum Gasteiger partial charge on any atom is -0.391 e. The average Bonchev–Trinajstić information content (AvgIpc) is 3.24. The fraction of sp³-hybridized carbons (Fsp3) is 0.300. The Kier molecular flexibility index (Phi) is 5.99. The van der Waals surface area contributed by atoms with Crippen molar-refractivity contribution in [2.45, 2.75) is 31.7 Å². The summed E-state index contributed by atoms with van der Waals surface area (Å²) in [6.45, 7) is 1.28. The van der Waals surface area contributed by atoms with Crippen molar-refractivity contribution in [2.75, 3.05) is 6.54 Å². The number of fused-ring (bicyclic) bond motifs is 1. The van der Waals surface area contributed by atoms with Gasteiger partial charge in [0.2, 0.25) is 5.91 Å². The highest BCUT2D eigenvalue weighted by atomic mass is 35.5. The van der Waals surface area contributed by atoms with Crippen molar-refractivity contribution >= 4 is 51.7 Å². The number of benzene rings is 2. The van der Waals surface area contributed by atoms with E-state index in [0.717, 1.165) is 16.6 Å². The summed E-state index contributed by atoms with van der Waals surface area (Å²) in [6.07, 6.45) is -0.220. The summed E-state index contributed by atoms with van der Waals surface area (Å²) in [5.41, 5.74) is 2.44. The van der Waals surface area contributed by atoms with Gasteiger partial charge in [0.25, 0.3) is 0 Å². The quantitative estimate of drug-likeness (QED) is 0.549. The zero-order chi connectivity index (χ0) is 20.5. The van der Waals surface area contributed by atoms with E-state index in [0.29, 0.717) is 40.4 Å². The predicted molar refractivity (Wildman–Crippen MR) is 114 cm³/mol. The molecular formula is C20H19Cl3N4O2. The van der Waals surface area contributed by atoms with E-state index in [9.17, 15) is 9.90 Å². The van der Waals surface area contributed by atoms with Crippen molar-refractivity contribution in [1.29, 1.82) is 0 Å².